The summed E-state index contributed by atoms with van der Waals surface area (Å²) in [6, 6.07) is 91.3. The highest BCUT2D eigenvalue weighted by Gasteiger charge is 2.46. The largest absolute Gasteiger partial charge is 0.309 e. The Morgan fingerprint density at radius 3 is 1.44 bits per heavy atom. The maximum Gasteiger partial charge on any atom is 0.164 e. The summed E-state index contributed by atoms with van der Waals surface area (Å²) in [5.74, 6) is 1.84. The van der Waals surface area contributed by atoms with Crippen LogP contribution in [0.25, 0.3) is 95.0 Å². The Hall–Kier alpha value is -8.99. The van der Waals surface area contributed by atoms with Gasteiger partial charge in [0, 0.05) is 33.2 Å². The van der Waals surface area contributed by atoms with Crippen molar-refractivity contribution in [3.63, 3.8) is 0 Å². The highest BCUT2D eigenvalue weighted by molar-refractivity contribution is 6.11. The van der Waals surface area contributed by atoms with Crippen LogP contribution in [0.5, 0.6) is 0 Å². The lowest BCUT2D eigenvalue weighted by molar-refractivity contribution is 0.768. The molecule has 0 amide bonds. The van der Waals surface area contributed by atoms with Crippen molar-refractivity contribution >= 4 is 21.8 Å². The van der Waals surface area contributed by atoms with Gasteiger partial charge in [-0.2, -0.15) is 0 Å². The maximum atomic E-state index is 5.49. The molecule has 68 heavy (non-hydrogen) atoms. The van der Waals surface area contributed by atoms with Gasteiger partial charge in [-0.15, -0.1) is 0 Å². The summed E-state index contributed by atoms with van der Waals surface area (Å²) >= 11 is 0. The Kier molecular flexibility index (Phi) is 9.36. The summed E-state index contributed by atoms with van der Waals surface area (Å²) in [5.41, 5.74) is 17.2. The van der Waals surface area contributed by atoms with E-state index in [0.29, 0.717) is 17.5 Å². The third-order valence-corrected chi connectivity index (χ3v) is 13.8. The monoisotopic (exact) mass is 866 g/mol. The van der Waals surface area contributed by atoms with Crippen LogP contribution in [0.1, 0.15) is 22.3 Å². The van der Waals surface area contributed by atoms with Gasteiger partial charge in [-0.05, 0) is 98.1 Å². The molecule has 0 aliphatic heterocycles. The molecular weight excluding hydrogens is 825 g/mol. The molecule has 10 aromatic carbocycles. The van der Waals surface area contributed by atoms with E-state index in [9.17, 15) is 0 Å². The van der Waals surface area contributed by atoms with Crippen molar-refractivity contribution in [2.75, 3.05) is 0 Å². The van der Waals surface area contributed by atoms with Crippen molar-refractivity contribution in [2.24, 2.45) is 0 Å². The van der Waals surface area contributed by atoms with E-state index in [1.165, 1.54) is 44.2 Å². The van der Waals surface area contributed by atoms with Gasteiger partial charge in [0.2, 0.25) is 0 Å². The van der Waals surface area contributed by atoms with Crippen molar-refractivity contribution in [2.45, 2.75) is 5.41 Å². The summed E-state index contributed by atoms with van der Waals surface area (Å²) < 4.78 is 2.37. The second-order valence-electron chi connectivity index (χ2n) is 17.5. The quantitative estimate of drug-likeness (QED) is 0.153. The van der Waals surface area contributed by atoms with E-state index in [-0.39, 0.29) is 0 Å². The number of para-hydroxylation sites is 2. The fourth-order valence-electron chi connectivity index (χ4n) is 10.7. The number of rotatable bonds is 8. The molecule has 0 saturated carbocycles. The Morgan fingerprint density at radius 1 is 0.279 bits per heavy atom. The molecule has 1 aliphatic carbocycles. The molecular formula is C64H42N4. The fraction of sp³-hybridized carbons (Fsp3) is 0.0156. The van der Waals surface area contributed by atoms with Gasteiger partial charge in [-0.25, -0.2) is 15.0 Å². The molecule has 318 valence electrons. The molecule has 0 N–H and O–H groups in total. The van der Waals surface area contributed by atoms with Crippen LogP contribution < -0.4 is 0 Å². The summed E-state index contributed by atoms with van der Waals surface area (Å²) in [7, 11) is 0. The standard InChI is InChI=1S/C64H42N4/c1-6-20-43(21-7-1)44-34-36-46(37-35-44)62-65-61(45-22-8-2-9-23-45)66-63(67-62)56-42-58-54(51-30-16-18-32-57(51)64(58,48-24-10-3-11-25-48)49-26-12-4-13-27-49)41-53(56)47-38-39-60-55(40-47)52-31-17-19-33-59(52)68(60)50-28-14-5-15-29-50/h1-42H. The molecule has 0 radical (unpaired) electrons. The zero-order valence-corrected chi connectivity index (χ0v) is 37.0. The van der Waals surface area contributed by atoms with Crippen LogP contribution in [0, 0.1) is 0 Å². The lowest BCUT2D eigenvalue weighted by Crippen LogP contribution is -2.28. The van der Waals surface area contributed by atoms with Gasteiger partial charge in [0.25, 0.3) is 0 Å². The molecule has 2 aromatic heterocycles. The molecule has 12 aromatic rings. The molecule has 2 heterocycles. The molecule has 0 saturated heterocycles. The van der Waals surface area contributed by atoms with E-state index >= 15 is 0 Å². The predicted molar refractivity (Wildman–Crippen MR) is 279 cm³/mol. The Morgan fingerprint density at radius 2 is 0.765 bits per heavy atom. The minimum atomic E-state index is -0.625. The second kappa shape index (κ2) is 16.2. The van der Waals surface area contributed by atoms with Crippen LogP contribution >= 0.6 is 0 Å². The molecule has 0 atom stereocenters. The molecule has 0 spiro atoms. The van der Waals surface area contributed by atoms with Gasteiger partial charge in [0.05, 0.1) is 16.4 Å². The van der Waals surface area contributed by atoms with Crippen molar-refractivity contribution in [1.29, 1.82) is 0 Å². The zero-order valence-electron chi connectivity index (χ0n) is 37.0. The van der Waals surface area contributed by atoms with E-state index in [0.717, 1.165) is 55.7 Å². The molecule has 0 fully saturated rings. The summed E-state index contributed by atoms with van der Waals surface area (Å²) in [6.07, 6.45) is 0. The van der Waals surface area contributed by atoms with Crippen molar-refractivity contribution in [3.05, 3.63) is 277 Å². The number of benzene rings is 10. The summed E-state index contributed by atoms with van der Waals surface area (Å²) in [4.78, 5) is 16.1. The third kappa shape index (κ3) is 6.34. The van der Waals surface area contributed by atoms with Crippen LogP contribution in [-0.4, -0.2) is 19.5 Å². The van der Waals surface area contributed by atoms with Crippen LogP contribution in [0.3, 0.4) is 0 Å². The fourth-order valence-corrected chi connectivity index (χ4v) is 10.7. The number of hydrogen-bond donors (Lipinski definition) is 0. The highest BCUT2D eigenvalue weighted by Crippen LogP contribution is 2.58. The Balaban J connectivity index is 1.12. The molecule has 1 aliphatic rings. The SMILES string of the molecule is c1ccc(-c2ccc(-c3nc(-c4ccccc4)nc(-c4cc5c(cc4-c4ccc6c(c4)c4ccccc4n6-c4ccccc4)-c4ccccc4C5(c4ccccc4)c4ccccc4)n3)cc2)cc1. The second-order valence-corrected chi connectivity index (χ2v) is 17.5. The maximum absolute atomic E-state index is 5.49. The molecule has 4 nitrogen and oxygen atoms in total. The minimum absolute atomic E-state index is 0.608. The van der Waals surface area contributed by atoms with E-state index in [1.807, 2.05) is 24.3 Å². The first-order chi connectivity index (χ1) is 33.7. The summed E-state index contributed by atoms with van der Waals surface area (Å²) in [5, 5.41) is 2.37. The number of nitrogens with zero attached hydrogens (tertiary/aromatic N) is 4. The van der Waals surface area contributed by atoms with Gasteiger partial charge in [-0.1, -0.05) is 212 Å². The van der Waals surface area contributed by atoms with Gasteiger partial charge in [-0.3, -0.25) is 0 Å². The van der Waals surface area contributed by atoms with Crippen LogP contribution in [0.4, 0.5) is 0 Å². The van der Waals surface area contributed by atoms with Crippen LogP contribution in [-0.2, 0) is 5.41 Å². The first kappa shape index (κ1) is 39.4. The van der Waals surface area contributed by atoms with E-state index < -0.39 is 5.41 Å². The van der Waals surface area contributed by atoms with E-state index in [4.69, 9.17) is 15.0 Å². The van der Waals surface area contributed by atoms with Gasteiger partial charge in [0.15, 0.2) is 17.5 Å². The number of aromatic nitrogens is 4. The van der Waals surface area contributed by atoms with E-state index in [1.54, 1.807) is 0 Å². The van der Waals surface area contributed by atoms with E-state index in [2.05, 4.69) is 235 Å². The number of hydrogen-bond acceptors (Lipinski definition) is 3. The number of fused-ring (bicyclic) bond motifs is 6. The van der Waals surface area contributed by atoms with Gasteiger partial charge < -0.3 is 4.57 Å². The lowest BCUT2D eigenvalue weighted by atomic mass is 9.67. The van der Waals surface area contributed by atoms with Crippen molar-refractivity contribution in [1.82, 2.24) is 19.5 Å². The first-order valence-electron chi connectivity index (χ1n) is 23.2. The smallest absolute Gasteiger partial charge is 0.164 e. The Labute approximate surface area is 395 Å². The van der Waals surface area contributed by atoms with Crippen molar-refractivity contribution < 1.29 is 0 Å². The van der Waals surface area contributed by atoms with Crippen molar-refractivity contribution in [3.8, 4) is 73.2 Å². The van der Waals surface area contributed by atoms with Gasteiger partial charge >= 0.3 is 0 Å². The van der Waals surface area contributed by atoms with Crippen LogP contribution in [0.15, 0.2) is 255 Å². The molecule has 13 rings (SSSR count). The average molecular weight is 867 g/mol. The molecule has 0 bridgehead atoms. The topological polar surface area (TPSA) is 43.6 Å². The predicted octanol–water partition coefficient (Wildman–Crippen LogP) is 15.7. The highest BCUT2D eigenvalue weighted by atomic mass is 15.0. The minimum Gasteiger partial charge on any atom is -0.309 e. The average Bonchev–Trinajstić information content (AvgIpc) is 3.91. The zero-order chi connectivity index (χ0) is 45.0. The van der Waals surface area contributed by atoms with Crippen LogP contribution in [0.2, 0.25) is 0 Å². The molecule has 4 heteroatoms. The normalized spacial score (nSPS) is 12.5. The lowest BCUT2D eigenvalue weighted by Gasteiger charge is -2.34. The summed E-state index contributed by atoms with van der Waals surface area (Å²) in [6.45, 7) is 0. The first-order valence-corrected chi connectivity index (χ1v) is 23.2. The third-order valence-electron chi connectivity index (χ3n) is 13.8. The van der Waals surface area contributed by atoms with Gasteiger partial charge in [0.1, 0.15) is 0 Å². The molecule has 0 unspecified atom stereocenters. The Bertz CT molecular complexity index is 3770.